The number of alkyl carbamates (subject to hydrolysis) is 1. The molecule has 1 aliphatic rings. The van der Waals surface area contributed by atoms with Gasteiger partial charge in [-0.2, -0.15) is 0 Å². The van der Waals surface area contributed by atoms with E-state index in [0.29, 0.717) is 5.92 Å². The summed E-state index contributed by atoms with van der Waals surface area (Å²) in [6.07, 6.45) is 1.89. The zero-order valence-corrected chi connectivity index (χ0v) is 15.8. The van der Waals surface area contributed by atoms with Gasteiger partial charge in [0.05, 0.1) is 0 Å². The first-order valence-electron chi connectivity index (χ1n) is 8.98. The second-order valence-electron chi connectivity index (χ2n) is 8.16. The lowest BCUT2D eigenvalue weighted by molar-refractivity contribution is 0.0502. The Morgan fingerprint density at radius 1 is 1.42 bits per heavy atom. The molecule has 0 aromatic heterocycles. The van der Waals surface area contributed by atoms with Crippen LogP contribution >= 0.6 is 0 Å². The zero-order valence-electron chi connectivity index (χ0n) is 15.8. The largest absolute Gasteiger partial charge is 0.444 e. The molecule has 4 nitrogen and oxygen atoms in total. The summed E-state index contributed by atoms with van der Waals surface area (Å²) in [5.41, 5.74) is 2.26. The molecule has 0 saturated carbocycles. The van der Waals surface area contributed by atoms with Crippen molar-refractivity contribution >= 4 is 6.09 Å². The Labute approximate surface area is 146 Å². The molecule has 1 aliphatic heterocycles. The monoisotopic (exact) mass is 332 g/mol. The van der Waals surface area contributed by atoms with Gasteiger partial charge in [-0.1, -0.05) is 29.8 Å². The molecule has 24 heavy (non-hydrogen) atoms. The first-order chi connectivity index (χ1) is 11.2. The average molecular weight is 332 g/mol. The second-order valence-corrected chi connectivity index (χ2v) is 8.16. The van der Waals surface area contributed by atoms with Gasteiger partial charge in [0.15, 0.2) is 0 Å². The zero-order chi connectivity index (χ0) is 17.7. The summed E-state index contributed by atoms with van der Waals surface area (Å²) >= 11 is 0. The number of carbonyl (C=O) groups excluding carboxylic acids is 1. The standard InChI is InChI=1S/C20H32N2O2/c1-15-7-6-8-17(11-15)13-22-10-9-18(14-22)12-16(2)21-19(23)24-20(3,4)5/h6-8,11,16,18H,9-10,12-14H2,1-5H3,(H,21,23). The molecule has 2 unspecified atom stereocenters. The number of rotatable bonds is 5. The molecule has 1 aromatic carbocycles. The van der Waals surface area contributed by atoms with E-state index in [0.717, 1.165) is 26.1 Å². The summed E-state index contributed by atoms with van der Waals surface area (Å²) in [6, 6.07) is 8.88. The highest BCUT2D eigenvalue weighted by molar-refractivity contribution is 5.68. The van der Waals surface area contributed by atoms with E-state index in [-0.39, 0.29) is 12.1 Å². The van der Waals surface area contributed by atoms with E-state index in [4.69, 9.17) is 4.74 Å². The Hall–Kier alpha value is -1.55. The highest BCUT2D eigenvalue weighted by Gasteiger charge is 2.25. The van der Waals surface area contributed by atoms with Crippen LogP contribution in [-0.2, 0) is 11.3 Å². The number of likely N-dealkylation sites (tertiary alicyclic amines) is 1. The van der Waals surface area contributed by atoms with Gasteiger partial charge in [0.2, 0.25) is 0 Å². The van der Waals surface area contributed by atoms with Crippen molar-refractivity contribution in [2.45, 2.75) is 65.6 Å². The van der Waals surface area contributed by atoms with Crippen molar-refractivity contribution in [1.82, 2.24) is 10.2 Å². The fourth-order valence-electron chi connectivity index (χ4n) is 3.39. The van der Waals surface area contributed by atoms with Crippen LogP contribution in [0.4, 0.5) is 4.79 Å². The van der Waals surface area contributed by atoms with E-state index in [1.807, 2.05) is 20.8 Å². The Balaban J connectivity index is 1.74. The SMILES string of the molecule is Cc1cccc(CN2CCC(CC(C)NC(=O)OC(C)(C)C)C2)c1. The predicted molar refractivity (Wildman–Crippen MR) is 98.0 cm³/mol. The van der Waals surface area contributed by atoms with Crippen LogP contribution in [0, 0.1) is 12.8 Å². The molecule has 1 aromatic rings. The molecule has 1 N–H and O–H groups in total. The molecule has 1 amide bonds. The summed E-state index contributed by atoms with van der Waals surface area (Å²) in [5, 5.41) is 2.96. The van der Waals surface area contributed by atoms with Gasteiger partial charge in [-0.3, -0.25) is 4.90 Å². The van der Waals surface area contributed by atoms with Gasteiger partial charge in [0, 0.05) is 19.1 Å². The highest BCUT2D eigenvalue weighted by Crippen LogP contribution is 2.23. The van der Waals surface area contributed by atoms with Crippen molar-refractivity contribution in [1.29, 1.82) is 0 Å². The van der Waals surface area contributed by atoms with E-state index in [1.54, 1.807) is 0 Å². The van der Waals surface area contributed by atoms with Crippen molar-refractivity contribution in [2.75, 3.05) is 13.1 Å². The lowest BCUT2D eigenvalue weighted by atomic mass is 10.0. The van der Waals surface area contributed by atoms with Crippen molar-refractivity contribution in [3.8, 4) is 0 Å². The molecule has 1 saturated heterocycles. The van der Waals surface area contributed by atoms with Gasteiger partial charge in [0.1, 0.15) is 5.60 Å². The topological polar surface area (TPSA) is 41.6 Å². The maximum Gasteiger partial charge on any atom is 0.407 e. The van der Waals surface area contributed by atoms with Gasteiger partial charge in [-0.05, 0) is 65.5 Å². The number of benzene rings is 1. The van der Waals surface area contributed by atoms with Crippen LogP contribution in [0.25, 0.3) is 0 Å². The first kappa shape index (κ1) is 18.8. The van der Waals surface area contributed by atoms with Gasteiger partial charge in [-0.15, -0.1) is 0 Å². The van der Waals surface area contributed by atoms with Gasteiger partial charge in [0.25, 0.3) is 0 Å². The van der Waals surface area contributed by atoms with Crippen LogP contribution in [0.15, 0.2) is 24.3 Å². The maximum absolute atomic E-state index is 11.8. The number of amides is 1. The number of nitrogens with one attached hydrogen (secondary N) is 1. The summed E-state index contributed by atoms with van der Waals surface area (Å²) < 4.78 is 5.32. The first-order valence-corrected chi connectivity index (χ1v) is 8.98. The van der Waals surface area contributed by atoms with Crippen LogP contribution in [0.2, 0.25) is 0 Å². The molecule has 0 bridgehead atoms. The molecular formula is C20H32N2O2. The summed E-state index contributed by atoms with van der Waals surface area (Å²) in [4.78, 5) is 14.4. The van der Waals surface area contributed by atoms with Crippen molar-refractivity contribution in [2.24, 2.45) is 5.92 Å². The van der Waals surface area contributed by atoms with Crippen LogP contribution < -0.4 is 5.32 Å². The third-order valence-electron chi connectivity index (χ3n) is 4.31. The number of ether oxygens (including phenoxy) is 1. The van der Waals surface area contributed by atoms with E-state index in [2.05, 4.69) is 48.3 Å². The fraction of sp³-hybridized carbons (Fsp3) is 0.650. The minimum atomic E-state index is -0.443. The number of hydrogen-bond acceptors (Lipinski definition) is 3. The minimum Gasteiger partial charge on any atom is -0.444 e. The molecule has 2 rings (SSSR count). The molecule has 0 spiro atoms. The molecule has 0 aliphatic carbocycles. The highest BCUT2D eigenvalue weighted by atomic mass is 16.6. The quantitative estimate of drug-likeness (QED) is 0.882. The maximum atomic E-state index is 11.8. The number of carbonyl (C=O) groups is 1. The van der Waals surface area contributed by atoms with Crippen molar-refractivity contribution in [3.05, 3.63) is 35.4 Å². The predicted octanol–water partition coefficient (Wildman–Crippen LogP) is 4.12. The van der Waals surface area contributed by atoms with E-state index >= 15 is 0 Å². The van der Waals surface area contributed by atoms with E-state index in [9.17, 15) is 4.79 Å². The fourth-order valence-corrected chi connectivity index (χ4v) is 3.39. The Morgan fingerprint density at radius 2 is 2.17 bits per heavy atom. The van der Waals surface area contributed by atoms with Crippen molar-refractivity contribution < 1.29 is 9.53 Å². The smallest absolute Gasteiger partial charge is 0.407 e. The number of hydrogen-bond donors (Lipinski definition) is 1. The normalized spacial score (nSPS) is 20.0. The molecule has 4 heteroatoms. The minimum absolute atomic E-state index is 0.142. The molecule has 1 heterocycles. The molecular weight excluding hydrogens is 300 g/mol. The molecule has 2 atom stereocenters. The Kier molecular flexibility index (Phi) is 6.27. The number of aryl methyl sites for hydroxylation is 1. The van der Waals surface area contributed by atoms with Crippen molar-refractivity contribution in [3.63, 3.8) is 0 Å². The Bertz CT molecular complexity index is 551. The summed E-state index contributed by atoms with van der Waals surface area (Å²) in [6.45, 7) is 13.1. The van der Waals surface area contributed by atoms with Crippen LogP contribution in [-0.4, -0.2) is 35.7 Å². The molecule has 1 fully saturated rings. The van der Waals surface area contributed by atoms with Gasteiger partial charge < -0.3 is 10.1 Å². The van der Waals surface area contributed by atoms with Crippen LogP contribution in [0.3, 0.4) is 0 Å². The van der Waals surface area contributed by atoms with Gasteiger partial charge in [-0.25, -0.2) is 4.79 Å². The average Bonchev–Trinajstić information content (AvgIpc) is 2.83. The van der Waals surface area contributed by atoms with E-state index < -0.39 is 5.60 Å². The summed E-state index contributed by atoms with van der Waals surface area (Å²) in [7, 11) is 0. The van der Waals surface area contributed by atoms with Crippen LogP contribution in [0.5, 0.6) is 0 Å². The second kappa shape index (κ2) is 8.02. The lowest BCUT2D eigenvalue weighted by Gasteiger charge is -2.23. The molecule has 0 radical (unpaired) electrons. The van der Waals surface area contributed by atoms with Gasteiger partial charge >= 0.3 is 6.09 Å². The molecule has 134 valence electrons. The van der Waals surface area contributed by atoms with Crippen LogP contribution in [0.1, 0.15) is 51.7 Å². The lowest BCUT2D eigenvalue weighted by Crippen LogP contribution is -2.38. The Morgan fingerprint density at radius 3 is 2.83 bits per heavy atom. The third kappa shape index (κ3) is 6.52. The third-order valence-corrected chi connectivity index (χ3v) is 4.31. The summed E-state index contributed by atoms with van der Waals surface area (Å²) in [5.74, 6) is 0.639. The number of nitrogens with zero attached hydrogens (tertiary/aromatic N) is 1. The van der Waals surface area contributed by atoms with E-state index in [1.165, 1.54) is 17.5 Å².